The predicted molar refractivity (Wildman–Crippen MR) is 128 cm³/mol. The van der Waals surface area contributed by atoms with Gasteiger partial charge in [0.1, 0.15) is 5.15 Å². The number of nitrogens with zero attached hydrogens (tertiary/aromatic N) is 3. The Morgan fingerprint density at radius 3 is 2.12 bits per heavy atom. The lowest BCUT2D eigenvalue weighted by molar-refractivity contribution is -0.000718. The number of aliphatic hydroxyl groups excluding tert-OH is 1. The van der Waals surface area contributed by atoms with Crippen LogP contribution in [0.25, 0.3) is 0 Å². The van der Waals surface area contributed by atoms with Crippen LogP contribution in [0.3, 0.4) is 0 Å². The maximum Gasteiger partial charge on any atom is 0.129 e. The van der Waals surface area contributed by atoms with Crippen LogP contribution < -0.4 is 0 Å². The van der Waals surface area contributed by atoms with Gasteiger partial charge in [-0.2, -0.15) is 0 Å². The molecule has 1 N–H and O–H groups in total. The zero-order valence-corrected chi connectivity index (χ0v) is 18.9. The summed E-state index contributed by atoms with van der Waals surface area (Å²) in [6.45, 7) is 5.10. The summed E-state index contributed by atoms with van der Waals surface area (Å²) in [4.78, 5) is 8.83. The molecule has 1 saturated heterocycles. The first-order valence-electron chi connectivity index (χ1n) is 11.1. The van der Waals surface area contributed by atoms with Crippen molar-refractivity contribution in [2.45, 2.75) is 18.8 Å². The maximum absolute atomic E-state index is 10.4. The molecule has 1 fully saturated rings. The maximum atomic E-state index is 10.4. The summed E-state index contributed by atoms with van der Waals surface area (Å²) in [6.07, 6.45) is 1.15. The molecule has 3 aromatic rings. The van der Waals surface area contributed by atoms with Gasteiger partial charge in [-0.3, -0.25) is 9.80 Å². The Bertz CT molecular complexity index is 910. The van der Waals surface area contributed by atoms with Crippen LogP contribution in [-0.4, -0.2) is 65.3 Å². The van der Waals surface area contributed by atoms with E-state index in [-0.39, 0.29) is 6.04 Å². The van der Waals surface area contributed by atoms with E-state index in [4.69, 9.17) is 16.3 Å². The van der Waals surface area contributed by atoms with Crippen molar-refractivity contribution < 1.29 is 9.84 Å². The molecule has 2 aromatic carbocycles. The lowest BCUT2D eigenvalue weighted by Gasteiger charge is -2.40. The molecular formula is C26H30ClN3O2. The minimum atomic E-state index is -0.516. The Kier molecular flexibility index (Phi) is 8.26. The fraction of sp³-hybridized carbons (Fsp3) is 0.346. The molecule has 1 aromatic heterocycles. The summed E-state index contributed by atoms with van der Waals surface area (Å²) in [5, 5.41) is 10.9. The second kappa shape index (κ2) is 11.5. The second-order valence-electron chi connectivity index (χ2n) is 8.22. The van der Waals surface area contributed by atoms with Gasteiger partial charge in [-0.25, -0.2) is 4.98 Å². The number of β-amino-alcohol motifs (C(OH)–C–C–N with tert-alkyl or cyclic N) is 1. The molecule has 1 aliphatic heterocycles. The van der Waals surface area contributed by atoms with Gasteiger partial charge in [0.15, 0.2) is 0 Å². The Labute approximate surface area is 195 Å². The Hall–Kier alpha value is -2.28. The highest BCUT2D eigenvalue weighted by molar-refractivity contribution is 6.29. The lowest BCUT2D eigenvalue weighted by atomic mass is 9.96. The van der Waals surface area contributed by atoms with E-state index in [0.29, 0.717) is 24.9 Å². The van der Waals surface area contributed by atoms with Crippen molar-refractivity contribution in [2.75, 3.05) is 39.3 Å². The fourth-order valence-electron chi connectivity index (χ4n) is 4.28. The van der Waals surface area contributed by atoms with E-state index in [0.717, 1.165) is 31.7 Å². The first-order chi connectivity index (χ1) is 15.7. The molecule has 5 nitrogen and oxygen atoms in total. The largest absolute Gasteiger partial charge is 0.389 e. The molecule has 0 aliphatic carbocycles. The smallest absolute Gasteiger partial charge is 0.129 e. The summed E-state index contributed by atoms with van der Waals surface area (Å²) in [7, 11) is 0. The molecule has 0 saturated carbocycles. The van der Waals surface area contributed by atoms with Crippen LogP contribution >= 0.6 is 11.6 Å². The molecule has 0 amide bonds. The van der Waals surface area contributed by atoms with E-state index in [9.17, 15) is 5.11 Å². The van der Waals surface area contributed by atoms with Crippen LogP contribution in [0.1, 0.15) is 22.7 Å². The molecule has 0 spiro atoms. The van der Waals surface area contributed by atoms with E-state index in [1.54, 1.807) is 12.3 Å². The summed E-state index contributed by atoms with van der Waals surface area (Å²) in [6, 6.07) is 25.3. The number of pyridine rings is 1. The number of aromatic nitrogens is 1. The molecule has 0 bridgehead atoms. The second-order valence-corrected chi connectivity index (χ2v) is 8.60. The average molecular weight is 452 g/mol. The summed E-state index contributed by atoms with van der Waals surface area (Å²) in [5.41, 5.74) is 3.59. The molecule has 4 rings (SSSR count). The highest BCUT2D eigenvalue weighted by atomic mass is 35.5. The van der Waals surface area contributed by atoms with E-state index in [2.05, 4.69) is 75.4 Å². The topological polar surface area (TPSA) is 48.8 Å². The third kappa shape index (κ3) is 6.37. The SMILES string of the molecule is OC(COCc1ccnc(Cl)c1)CN1CCN(C(c2ccccc2)c2ccccc2)CC1. The Morgan fingerprint density at radius 1 is 0.906 bits per heavy atom. The van der Waals surface area contributed by atoms with Crippen LogP contribution in [0.2, 0.25) is 5.15 Å². The van der Waals surface area contributed by atoms with Gasteiger partial charge in [0, 0.05) is 38.9 Å². The summed E-state index contributed by atoms with van der Waals surface area (Å²) in [5.74, 6) is 0. The van der Waals surface area contributed by atoms with Crippen LogP contribution in [0.5, 0.6) is 0 Å². The van der Waals surface area contributed by atoms with Crippen LogP contribution in [0, 0.1) is 0 Å². The number of aliphatic hydroxyl groups is 1. The van der Waals surface area contributed by atoms with Gasteiger partial charge < -0.3 is 9.84 Å². The predicted octanol–water partition coefficient (Wildman–Crippen LogP) is 4.02. The molecule has 2 heterocycles. The van der Waals surface area contributed by atoms with Gasteiger partial charge in [-0.1, -0.05) is 72.3 Å². The number of hydrogen-bond acceptors (Lipinski definition) is 5. The van der Waals surface area contributed by atoms with E-state index in [1.807, 2.05) is 6.07 Å². The fourth-order valence-corrected chi connectivity index (χ4v) is 4.48. The van der Waals surface area contributed by atoms with E-state index >= 15 is 0 Å². The normalized spacial score (nSPS) is 16.3. The minimum Gasteiger partial charge on any atom is -0.389 e. The molecule has 1 atom stereocenters. The number of hydrogen-bond donors (Lipinski definition) is 1. The van der Waals surface area contributed by atoms with Gasteiger partial charge in [-0.15, -0.1) is 0 Å². The van der Waals surface area contributed by atoms with Crippen LogP contribution in [0.15, 0.2) is 79.0 Å². The van der Waals surface area contributed by atoms with Crippen molar-refractivity contribution in [3.63, 3.8) is 0 Å². The molecule has 6 heteroatoms. The highest BCUT2D eigenvalue weighted by Gasteiger charge is 2.27. The number of ether oxygens (including phenoxy) is 1. The van der Waals surface area contributed by atoms with Crippen molar-refractivity contribution in [3.05, 3.63) is 101 Å². The van der Waals surface area contributed by atoms with Crippen molar-refractivity contribution in [1.29, 1.82) is 0 Å². The van der Waals surface area contributed by atoms with Crippen molar-refractivity contribution in [1.82, 2.24) is 14.8 Å². The van der Waals surface area contributed by atoms with Crippen LogP contribution in [-0.2, 0) is 11.3 Å². The van der Waals surface area contributed by atoms with Gasteiger partial charge in [0.2, 0.25) is 0 Å². The molecule has 32 heavy (non-hydrogen) atoms. The monoisotopic (exact) mass is 451 g/mol. The van der Waals surface area contributed by atoms with E-state index < -0.39 is 6.10 Å². The number of benzene rings is 2. The number of piperazine rings is 1. The zero-order valence-electron chi connectivity index (χ0n) is 18.2. The Balaban J connectivity index is 1.28. The highest BCUT2D eigenvalue weighted by Crippen LogP contribution is 2.29. The van der Waals surface area contributed by atoms with Crippen LogP contribution in [0.4, 0.5) is 0 Å². The van der Waals surface area contributed by atoms with Gasteiger partial charge in [-0.05, 0) is 28.8 Å². The number of rotatable bonds is 9. The minimum absolute atomic E-state index is 0.250. The lowest BCUT2D eigenvalue weighted by Crippen LogP contribution is -2.50. The first-order valence-corrected chi connectivity index (χ1v) is 11.5. The average Bonchev–Trinajstić information content (AvgIpc) is 2.82. The van der Waals surface area contributed by atoms with Crippen molar-refractivity contribution >= 4 is 11.6 Å². The third-order valence-electron chi connectivity index (χ3n) is 5.84. The van der Waals surface area contributed by atoms with Gasteiger partial charge in [0.25, 0.3) is 0 Å². The van der Waals surface area contributed by atoms with Gasteiger partial charge >= 0.3 is 0 Å². The Morgan fingerprint density at radius 2 is 1.53 bits per heavy atom. The third-order valence-corrected chi connectivity index (χ3v) is 6.05. The molecule has 0 radical (unpaired) electrons. The molecular weight excluding hydrogens is 422 g/mol. The van der Waals surface area contributed by atoms with E-state index in [1.165, 1.54) is 11.1 Å². The molecule has 168 valence electrons. The summed E-state index contributed by atoms with van der Waals surface area (Å²) >= 11 is 5.90. The van der Waals surface area contributed by atoms with Gasteiger partial charge in [0.05, 0.1) is 25.4 Å². The van der Waals surface area contributed by atoms with Crippen molar-refractivity contribution in [2.24, 2.45) is 0 Å². The summed E-state index contributed by atoms with van der Waals surface area (Å²) < 4.78 is 5.68. The first kappa shape index (κ1) is 22.9. The van der Waals surface area contributed by atoms with Crippen molar-refractivity contribution in [3.8, 4) is 0 Å². The molecule has 1 unspecified atom stereocenters. The standard InChI is InChI=1S/C26H30ClN3O2/c27-25-17-21(11-12-28-25)19-32-20-24(31)18-29-13-15-30(16-14-29)26(22-7-3-1-4-8-22)23-9-5-2-6-10-23/h1-12,17,24,26,31H,13-16,18-20H2. The quantitative estimate of drug-likeness (QED) is 0.498. The zero-order chi connectivity index (χ0) is 22.2. The molecule has 1 aliphatic rings. The number of halogens is 1.